The average molecular weight is 303 g/mol. The van der Waals surface area contributed by atoms with Crippen molar-refractivity contribution in [2.45, 2.75) is 6.54 Å². The van der Waals surface area contributed by atoms with Crippen LogP contribution in [0.15, 0.2) is 35.8 Å². The van der Waals surface area contributed by atoms with E-state index in [-0.39, 0.29) is 11.4 Å². The number of nitro benzene ring substituents is 1. The Balaban J connectivity index is 2.27. The van der Waals surface area contributed by atoms with Crippen molar-refractivity contribution in [3.05, 3.63) is 52.1 Å². The summed E-state index contributed by atoms with van der Waals surface area (Å²) in [5.41, 5.74) is 1.54. The number of nitrogens with zero attached hydrogens (tertiary/aromatic N) is 5. The van der Waals surface area contributed by atoms with E-state index in [2.05, 4.69) is 10.1 Å². The Kier molecular flexibility index (Phi) is 4.72. The van der Waals surface area contributed by atoms with Gasteiger partial charge in [0, 0.05) is 26.7 Å². The first-order valence-corrected chi connectivity index (χ1v) is 6.54. The van der Waals surface area contributed by atoms with Gasteiger partial charge in [-0.3, -0.25) is 10.1 Å². The number of aromatic nitrogens is 2. The zero-order valence-electron chi connectivity index (χ0n) is 12.6. The molecule has 2 aromatic rings. The van der Waals surface area contributed by atoms with Crippen LogP contribution in [0, 0.1) is 10.1 Å². The van der Waals surface area contributed by atoms with Crippen LogP contribution in [0.3, 0.4) is 0 Å². The van der Waals surface area contributed by atoms with Gasteiger partial charge >= 0.3 is 5.69 Å². The highest BCUT2D eigenvalue weighted by molar-refractivity contribution is 5.76. The molecule has 116 valence electrons. The van der Waals surface area contributed by atoms with Crippen LogP contribution in [-0.2, 0) is 6.54 Å². The van der Waals surface area contributed by atoms with Crippen LogP contribution in [-0.4, -0.2) is 46.9 Å². The largest absolute Gasteiger partial charge is 0.490 e. The van der Waals surface area contributed by atoms with Gasteiger partial charge in [-0.2, -0.15) is 5.10 Å². The Morgan fingerprint density at radius 2 is 2.27 bits per heavy atom. The van der Waals surface area contributed by atoms with Crippen LogP contribution in [0.2, 0.25) is 0 Å². The summed E-state index contributed by atoms with van der Waals surface area (Å²) in [6, 6.07) is 4.89. The molecule has 0 unspecified atom stereocenters. The summed E-state index contributed by atoms with van der Waals surface area (Å²) < 4.78 is 6.86. The van der Waals surface area contributed by atoms with Gasteiger partial charge in [0.05, 0.1) is 36.5 Å². The van der Waals surface area contributed by atoms with Crippen molar-refractivity contribution in [2.24, 2.45) is 5.10 Å². The van der Waals surface area contributed by atoms with E-state index in [0.29, 0.717) is 6.54 Å². The number of hydrazone groups is 1. The summed E-state index contributed by atoms with van der Waals surface area (Å²) in [5.74, 6) is 0.244. The number of hydrogen-bond donors (Lipinski definition) is 0. The van der Waals surface area contributed by atoms with E-state index >= 15 is 0 Å². The molecule has 0 N–H and O–H groups in total. The van der Waals surface area contributed by atoms with Gasteiger partial charge in [-0.1, -0.05) is 6.07 Å². The molecule has 0 fully saturated rings. The lowest BCUT2D eigenvalue weighted by molar-refractivity contribution is -0.385. The Bertz CT molecular complexity index is 694. The normalized spacial score (nSPS) is 10.9. The van der Waals surface area contributed by atoms with Crippen molar-refractivity contribution in [2.75, 3.05) is 21.2 Å². The second-order valence-electron chi connectivity index (χ2n) is 4.80. The maximum Gasteiger partial charge on any atom is 0.311 e. The molecule has 0 saturated carbocycles. The first-order valence-electron chi connectivity index (χ1n) is 6.54. The fourth-order valence-electron chi connectivity index (χ4n) is 1.92. The molecule has 1 aromatic heterocycles. The number of methoxy groups -OCH3 is 1. The summed E-state index contributed by atoms with van der Waals surface area (Å²) in [5, 5.41) is 16.9. The predicted octanol–water partition coefficient (Wildman–Crippen LogP) is 1.74. The van der Waals surface area contributed by atoms with Crippen LogP contribution >= 0.6 is 0 Å². The van der Waals surface area contributed by atoms with E-state index in [1.54, 1.807) is 35.9 Å². The molecule has 0 atom stereocenters. The van der Waals surface area contributed by atoms with Gasteiger partial charge < -0.3 is 14.3 Å². The third kappa shape index (κ3) is 3.60. The molecule has 0 spiro atoms. The summed E-state index contributed by atoms with van der Waals surface area (Å²) in [7, 11) is 5.06. The van der Waals surface area contributed by atoms with Crippen molar-refractivity contribution >= 4 is 11.9 Å². The van der Waals surface area contributed by atoms with Crippen molar-refractivity contribution < 1.29 is 9.66 Å². The zero-order valence-corrected chi connectivity index (χ0v) is 12.6. The molecule has 1 aromatic carbocycles. The van der Waals surface area contributed by atoms with Gasteiger partial charge in [0.15, 0.2) is 5.75 Å². The van der Waals surface area contributed by atoms with E-state index in [1.165, 1.54) is 13.2 Å². The van der Waals surface area contributed by atoms with Gasteiger partial charge in [0.1, 0.15) is 0 Å². The van der Waals surface area contributed by atoms with Gasteiger partial charge in [-0.15, -0.1) is 0 Å². The Morgan fingerprint density at radius 1 is 1.50 bits per heavy atom. The molecule has 0 amide bonds. The number of rotatable bonds is 6. The average Bonchev–Trinajstić information content (AvgIpc) is 2.92. The molecule has 0 aliphatic heterocycles. The highest BCUT2D eigenvalue weighted by atomic mass is 16.6. The lowest BCUT2D eigenvalue weighted by Crippen LogP contribution is -2.06. The molecule has 0 bridgehead atoms. The number of ether oxygens (including phenoxy) is 1. The first kappa shape index (κ1) is 15.5. The lowest BCUT2D eigenvalue weighted by Gasteiger charge is -2.08. The summed E-state index contributed by atoms with van der Waals surface area (Å²) in [4.78, 5) is 14.7. The molecular formula is C14H17N5O3. The highest BCUT2D eigenvalue weighted by Gasteiger charge is 2.15. The lowest BCUT2D eigenvalue weighted by atomic mass is 10.2. The maximum absolute atomic E-state index is 11.1. The molecule has 1 heterocycles. The summed E-state index contributed by atoms with van der Waals surface area (Å²) in [6.07, 6.45) is 5.03. The van der Waals surface area contributed by atoms with Crippen LogP contribution < -0.4 is 4.74 Å². The Hall–Kier alpha value is -2.90. The molecule has 0 aliphatic rings. The Morgan fingerprint density at radius 3 is 2.91 bits per heavy atom. The van der Waals surface area contributed by atoms with Crippen molar-refractivity contribution in [1.82, 2.24) is 14.6 Å². The van der Waals surface area contributed by atoms with E-state index in [4.69, 9.17) is 4.74 Å². The van der Waals surface area contributed by atoms with E-state index in [1.807, 2.05) is 18.7 Å². The second kappa shape index (κ2) is 6.70. The van der Waals surface area contributed by atoms with Crippen molar-refractivity contribution in [3.63, 3.8) is 0 Å². The van der Waals surface area contributed by atoms with Gasteiger partial charge in [0.2, 0.25) is 0 Å². The molecule has 8 nitrogen and oxygen atoms in total. The van der Waals surface area contributed by atoms with Crippen LogP contribution in [0.4, 0.5) is 5.69 Å². The first-order chi connectivity index (χ1) is 10.5. The third-order valence-electron chi connectivity index (χ3n) is 2.96. The topological polar surface area (TPSA) is 85.8 Å². The molecule has 22 heavy (non-hydrogen) atoms. The molecule has 0 radical (unpaired) electrons. The van der Waals surface area contributed by atoms with Gasteiger partial charge in [0.25, 0.3) is 0 Å². The van der Waals surface area contributed by atoms with Crippen molar-refractivity contribution in [1.29, 1.82) is 0 Å². The molecule has 8 heteroatoms. The maximum atomic E-state index is 11.1. The van der Waals surface area contributed by atoms with E-state index in [9.17, 15) is 10.1 Å². The number of nitro groups is 1. The van der Waals surface area contributed by atoms with Gasteiger partial charge in [-0.05, 0) is 11.6 Å². The standard InChI is InChI=1S/C14H17N5O3/c1-17(2)16-8-12-7-15-10-18(12)9-11-4-5-14(22-3)13(6-11)19(20)21/h4-8,10H,9H2,1-3H3/b16-8+. The molecule has 0 saturated heterocycles. The molecule has 0 aliphatic carbocycles. The monoisotopic (exact) mass is 303 g/mol. The van der Waals surface area contributed by atoms with Gasteiger partial charge in [-0.25, -0.2) is 4.98 Å². The zero-order chi connectivity index (χ0) is 16.1. The minimum Gasteiger partial charge on any atom is -0.490 e. The highest BCUT2D eigenvalue weighted by Crippen LogP contribution is 2.27. The fourth-order valence-corrected chi connectivity index (χ4v) is 1.92. The number of hydrogen-bond acceptors (Lipinski definition) is 6. The number of imidazole rings is 1. The minimum atomic E-state index is -0.454. The quantitative estimate of drug-likeness (QED) is 0.461. The summed E-state index contributed by atoms with van der Waals surface area (Å²) >= 11 is 0. The number of benzene rings is 1. The summed E-state index contributed by atoms with van der Waals surface area (Å²) in [6.45, 7) is 0.458. The SMILES string of the molecule is COc1ccc(Cn2cncc2/C=N/N(C)C)cc1[N+](=O)[O-]. The van der Waals surface area contributed by atoms with Crippen molar-refractivity contribution in [3.8, 4) is 5.75 Å². The predicted molar refractivity (Wildman–Crippen MR) is 82.3 cm³/mol. The van der Waals surface area contributed by atoms with E-state index < -0.39 is 4.92 Å². The fraction of sp³-hybridized carbons (Fsp3) is 0.286. The molecular weight excluding hydrogens is 286 g/mol. The van der Waals surface area contributed by atoms with Crippen LogP contribution in [0.5, 0.6) is 5.75 Å². The molecule has 2 rings (SSSR count). The van der Waals surface area contributed by atoms with E-state index in [0.717, 1.165) is 11.3 Å². The third-order valence-corrected chi connectivity index (χ3v) is 2.96. The van der Waals surface area contributed by atoms with Crippen LogP contribution in [0.25, 0.3) is 0 Å². The Labute approximate surface area is 127 Å². The second-order valence-corrected chi connectivity index (χ2v) is 4.80. The van der Waals surface area contributed by atoms with Crippen LogP contribution in [0.1, 0.15) is 11.3 Å². The minimum absolute atomic E-state index is 0.0522. The smallest absolute Gasteiger partial charge is 0.311 e.